The van der Waals surface area contributed by atoms with E-state index in [2.05, 4.69) is 29.0 Å². The highest BCUT2D eigenvalue weighted by Gasteiger charge is 2.15. The van der Waals surface area contributed by atoms with E-state index in [0.717, 1.165) is 37.0 Å². The maximum Gasteiger partial charge on any atom is 0.350 e. The van der Waals surface area contributed by atoms with Crippen LogP contribution in [-0.2, 0) is 4.74 Å². The van der Waals surface area contributed by atoms with E-state index in [9.17, 15) is 4.79 Å². The zero-order valence-electron chi connectivity index (χ0n) is 11.4. The second-order valence-electron chi connectivity index (χ2n) is 3.88. The molecule has 1 rings (SSSR count). The molecule has 0 fully saturated rings. The molecule has 0 aliphatic carbocycles. The van der Waals surface area contributed by atoms with Crippen molar-refractivity contribution >= 4 is 22.4 Å². The highest BCUT2D eigenvalue weighted by atomic mass is 32.1. The van der Waals surface area contributed by atoms with Crippen LogP contribution >= 0.6 is 11.3 Å². The lowest BCUT2D eigenvalue weighted by atomic mass is 10.4. The molecule has 0 amide bonds. The van der Waals surface area contributed by atoms with Gasteiger partial charge in [0, 0.05) is 13.1 Å². The molecule has 0 bridgehead atoms. The van der Waals surface area contributed by atoms with E-state index in [4.69, 9.17) is 4.74 Å². The Morgan fingerprint density at radius 1 is 1.44 bits per heavy atom. The fraction of sp³-hybridized carbons (Fsp3) is 0.667. The minimum atomic E-state index is -0.318. The van der Waals surface area contributed by atoms with Gasteiger partial charge in [-0.05, 0) is 20.0 Å². The summed E-state index contributed by atoms with van der Waals surface area (Å²) in [6, 6.07) is 0. The molecule has 6 heteroatoms. The number of nitrogens with one attached hydrogen (secondary N) is 1. The molecule has 0 aliphatic heterocycles. The van der Waals surface area contributed by atoms with Crippen LogP contribution in [-0.4, -0.2) is 49.1 Å². The Balaban J connectivity index is 2.51. The fourth-order valence-corrected chi connectivity index (χ4v) is 2.53. The average molecular weight is 271 g/mol. The van der Waals surface area contributed by atoms with E-state index in [1.807, 2.05) is 6.92 Å². The second kappa shape index (κ2) is 7.33. The molecule has 0 atom stereocenters. The Labute approximate surface area is 112 Å². The number of hydrogen-bond donors (Lipinski definition) is 1. The summed E-state index contributed by atoms with van der Waals surface area (Å²) in [5, 5.41) is 4.02. The molecular formula is C12H21N3O2S. The van der Waals surface area contributed by atoms with Crippen molar-refractivity contribution in [2.24, 2.45) is 0 Å². The molecule has 0 saturated carbocycles. The molecule has 1 heterocycles. The number of hydrogen-bond acceptors (Lipinski definition) is 6. The van der Waals surface area contributed by atoms with Crippen LogP contribution in [0.3, 0.4) is 0 Å². The van der Waals surface area contributed by atoms with Crippen molar-refractivity contribution in [3.05, 3.63) is 10.6 Å². The number of carbonyl (C=O) groups excluding carboxylic acids is 1. The molecule has 5 nitrogen and oxygen atoms in total. The number of likely N-dealkylation sites (N-methyl/N-ethyl adjacent to an activating group) is 1. The first-order valence-corrected chi connectivity index (χ1v) is 6.95. The Hall–Kier alpha value is -1.14. The first-order valence-electron chi connectivity index (χ1n) is 6.14. The summed E-state index contributed by atoms with van der Waals surface area (Å²) >= 11 is 1.34. The second-order valence-corrected chi connectivity index (χ2v) is 4.88. The molecule has 18 heavy (non-hydrogen) atoms. The van der Waals surface area contributed by atoms with E-state index in [0.29, 0.717) is 4.88 Å². The summed E-state index contributed by atoms with van der Waals surface area (Å²) in [6.07, 6.45) is 0. The molecule has 1 aromatic heterocycles. The largest absolute Gasteiger partial charge is 0.465 e. The van der Waals surface area contributed by atoms with Gasteiger partial charge in [-0.3, -0.25) is 0 Å². The average Bonchev–Trinajstić information content (AvgIpc) is 2.75. The Morgan fingerprint density at radius 3 is 2.67 bits per heavy atom. The van der Waals surface area contributed by atoms with Gasteiger partial charge in [0.25, 0.3) is 0 Å². The van der Waals surface area contributed by atoms with Gasteiger partial charge in [-0.25, -0.2) is 9.78 Å². The van der Waals surface area contributed by atoms with Gasteiger partial charge in [-0.2, -0.15) is 0 Å². The molecular weight excluding hydrogens is 250 g/mol. The zero-order chi connectivity index (χ0) is 13.5. The number of esters is 1. The predicted octanol–water partition coefficient (Wildman–Crippen LogP) is 1.99. The van der Waals surface area contributed by atoms with E-state index >= 15 is 0 Å². The quantitative estimate of drug-likeness (QED) is 0.769. The van der Waals surface area contributed by atoms with Gasteiger partial charge in [0.05, 0.1) is 12.8 Å². The Kier molecular flexibility index (Phi) is 6.07. The van der Waals surface area contributed by atoms with Crippen molar-refractivity contribution in [2.75, 3.05) is 38.6 Å². The predicted molar refractivity (Wildman–Crippen MR) is 74.5 cm³/mol. The van der Waals surface area contributed by atoms with Crippen LogP contribution < -0.4 is 5.32 Å². The van der Waals surface area contributed by atoms with Crippen LogP contribution in [0.2, 0.25) is 0 Å². The van der Waals surface area contributed by atoms with Crippen LogP contribution in [0.25, 0.3) is 0 Å². The number of ether oxygens (including phenoxy) is 1. The number of rotatable bonds is 7. The number of aryl methyl sites for hydroxylation is 1. The normalized spacial score (nSPS) is 10.7. The van der Waals surface area contributed by atoms with Gasteiger partial charge in [0.1, 0.15) is 4.88 Å². The number of nitrogens with zero attached hydrogens (tertiary/aromatic N) is 2. The summed E-state index contributed by atoms with van der Waals surface area (Å²) in [6.45, 7) is 10.00. The van der Waals surface area contributed by atoms with Crippen molar-refractivity contribution in [2.45, 2.75) is 20.8 Å². The van der Waals surface area contributed by atoms with E-state index < -0.39 is 0 Å². The Morgan fingerprint density at radius 2 is 2.11 bits per heavy atom. The molecule has 102 valence electrons. The van der Waals surface area contributed by atoms with E-state index in [1.54, 1.807) is 0 Å². The minimum absolute atomic E-state index is 0.318. The molecule has 0 aliphatic rings. The van der Waals surface area contributed by atoms with Crippen molar-refractivity contribution in [1.29, 1.82) is 0 Å². The summed E-state index contributed by atoms with van der Waals surface area (Å²) in [7, 11) is 1.38. The first kappa shape index (κ1) is 14.9. The van der Waals surface area contributed by atoms with Crippen LogP contribution in [0.1, 0.15) is 29.2 Å². The minimum Gasteiger partial charge on any atom is -0.465 e. The van der Waals surface area contributed by atoms with Gasteiger partial charge >= 0.3 is 5.97 Å². The van der Waals surface area contributed by atoms with E-state index in [1.165, 1.54) is 18.4 Å². The van der Waals surface area contributed by atoms with Crippen molar-refractivity contribution < 1.29 is 9.53 Å². The number of carbonyl (C=O) groups is 1. The highest BCUT2D eigenvalue weighted by Crippen LogP contribution is 2.22. The SMILES string of the molecule is CCN(CC)CCNc1nc(C)c(C(=O)OC)s1. The van der Waals surface area contributed by atoms with Crippen molar-refractivity contribution in [1.82, 2.24) is 9.88 Å². The summed E-state index contributed by atoms with van der Waals surface area (Å²) in [5.74, 6) is -0.318. The molecule has 0 radical (unpaired) electrons. The number of anilines is 1. The van der Waals surface area contributed by atoms with Crippen LogP contribution in [0, 0.1) is 6.92 Å². The first-order chi connectivity index (χ1) is 8.62. The molecule has 0 saturated heterocycles. The smallest absolute Gasteiger partial charge is 0.350 e. The maximum atomic E-state index is 11.4. The van der Waals surface area contributed by atoms with Gasteiger partial charge in [0.2, 0.25) is 0 Å². The third-order valence-corrected chi connectivity index (χ3v) is 3.86. The monoisotopic (exact) mass is 271 g/mol. The topological polar surface area (TPSA) is 54.5 Å². The lowest BCUT2D eigenvalue weighted by Crippen LogP contribution is -2.28. The maximum absolute atomic E-state index is 11.4. The van der Waals surface area contributed by atoms with Crippen molar-refractivity contribution in [3.8, 4) is 0 Å². The lowest BCUT2D eigenvalue weighted by molar-refractivity contribution is 0.0605. The third-order valence-electron chi connectivity index (χ3n) is 2.77. The Bertz CT molecular complexity index is 389. The molecule has 0 unspecified atom stereocenters. The van der Waals surface area contributed by atoms with Gasteiger partial charge in [0.15, 0.2) is 5.13 Å². The van der Waals surface area contributed by atoms with Crippen LogP contribution in [0.5, 0.6) is 0 Å². The number of thiazole rings is 1. The van der Waals surface area contributed by atoms with Gasteiger partial charge in [-0.15, -0.1) is 0 Å². The summed E-state index contributed by atoms with van der Waals surface area (Å²) in [5.41, 5.74) is 0.720. The summed E-state index contributed by atoms with van der Waals surface area (Å²) in [4.78, 5) is 18.7. The van der Waals surface area contributed by atoms with Crippen molar-refractivity contribution in [3.63, 3.8) is 0 Å². The molecule has 0 aromatic carbocycles. The number of methoxy groups -OCH3 is 1. The standard InChI is InChI=1S/C12H21N3O2S/c1-5-15(6-2)8-7-13-12-14-9(3)10(18-12)11(16)17-4/h5-8H2,1-4H3,(H,13,14). The summed E-state index contributed by atoms with van der Waals surface area (Å²) < 4.78 is 4.70. The van der Waals surface area contributed by atoms with E-state index in [-0.39, 0.29) is 5.97 Å². The lowest BCUT2D eigenvalue weighted by Gasteiger charge is -2.17. The zero-order valence-corrected chi connectivity index (χ0v) is 12.3. The molecule has 0 spiro atoms. The number of aromatic nitrogens is 1. The molecule has 1 N–H and O–H groups in total. The van der Waals surface area contributed by atoms with Crippen LogP contribution in [0.4, 0.5) is 5.13 Å². The third kappa shape index (κ3) is 3.96. The molecule has 1 aromatic rings. The van der Waals surface area contributed by atoms with Gasteiger partial charge in [-0.1, -0.05) is 25.2 Å². The van der Waals surface area contributed by atoms with Crippen LogP contribution in [0.15, 0.2) is 0 Å². The highest BCUT2D eigenvalue weighted by molar-refractivity contribution is 7.17. The van der Waals surface area contributed by atoms with Gasteiger partial charge < -0.3 is 15.0 Å². The fourth-order valence-electron chi connectivity index (χ4n) is 1.61.